The van der Waals surface area contributed by atoms with E-state index in [1.54, 1.807) is 12.1 Å². The van der Waals surface area contributed by atoms with Gasteiger partial charge in [0.1, 0.15) is 17.4 Å². The molecular formula is C8H10O3S. The summed E-state index contributed by atoms with van der Waals surface area (Å²) in [5.41, 5.74) is 0.729. The molecule has 1 aromatic carbocycles. The number of carbonyl (C=O) groups is 1. The van der Waals surface area contributed by atoms with Crippen molar-refractivity contribution in [1.29, 1.82) is 0 Å². The zero-order valence-electron chi connectivity index (χ0n) is 6.64. The van der Waals surface area contributed by atoms with Crippen LogP contribution >= 0.6 is 0 Å². The van der Waals surface area contributed by atoms with E-state index in [4.69, 9.17) is 8.76 Å². The summed E-state index contributed by atoms with van der Waals surface area (Å²) in [6.45, 7) is 0. The maximum atomic E-state index is 10.0. The van der Waals surface area contributed by atoms with E-state index in [9.17, 15) is 4.79 Å². The minimum absolute atomic E-state index is 0.729. The maximum Gasteiger partial charge on any atom is 0.150 e. The highest BCUT2D eigenvalue weighted by Crippen LogP contribution is 1.91. The van der Waals surface area contributed by atoms with Crippen LogP contribution in [0.3, 0.4) is 0 Å². The Morgan fingerprint density at radius 2 is 1.75 bits per heavy atom. The Labute approximate surface area is 73.7 Å². The first kappa shape index (κ1) is 11.0. The Morgan fingerprint density at radius 1 is 1.33 bits per heavy atom. The SMILES string of the molecule is CS(=O)O.O=Cc1ccccc1. The highest BCUT2D eigenvalue weighted by atomic mass is 32.2. The summed E-state index contributed by atoms with van der Waals surface area (Å²) in [7, 11) is 0. The molecule has 1 unspecified atom stereocenters. The van der Waals surface area contributed by atoms with E-state index < -0.39 is 11.1 Å². The molecule has 0 fully saturated rings. The Kier molecular flexibility index (Phi) is 6.14. The summed E-state index contributed by atoms with van der Waals surface area (Å²) in [5, 5.41) is 0. The summed E-state index contributed by atoms with van der Waals surface area (Å²) in [6, 6.07) is 9.10. The van der Waals surface area contributed by atoms with Gasteiger partial charge in [-0.25, -0.2) is 4.21 Å². The largest absolute Gasteiger partial charge is 0.306 e. The van der Waals surface area contributed by atoms with Crippen molar-refractivity contribution in [3.8, 4) is 0 Å². The average Bonchev–Trinajstić information content (AvgIpc) is 2.05. The summed E-state index contributed by atoms with van der Waals surface area (Å²) < 4.78 is 16.6. The molecule has 0 aliphatic heterocycles. The van der Waals surface area contributed by atoms with E-state index in [0.717, 1.165) is 11.8 Å². The van der Waals surface area contributed by atoms with Crippen molar-refractivity contribution in [1.82, 2.24) is 0 Å². The molecule has 66 valence electrons. The smallest absolute Gasteiger partial charge is 0.150 e. The minimum Gasteiger partial charge on any atom is -0.306 e. The van der Waals surface area contributed by atoms with Gasteiger partial charge in [0, 0.05) is 11.8 Å². The molecule has 0 spiro atoms. The van der Waals surface area contributed by atoms with Gasteiger partial charge in [0.15, 0.2) is 0 Å². The fourth-order valence-electron chi connectivity index (χ4n) is 0.532. The first-order chi connectivity index (χ1) is 5.66. The van der Waals surface area contributed by atoms with Crippen LogP contribution < -0.4 is 0 Å². The second kappa shape index (κ2) is 6.69. The fourth-order valence-corrected chi connectivity index (χ4v) is 0.532. The van der Waals surface area contributed by atoms with Crippen LogP contribution in [0.4, 0.5) is 0 Å². The molecule has 0 radical (unpaired) electrons. The van der Waals surface area contributed by atoms with Crippen LogP contribution in [0.1, 0.15) is 10.4 Å². The number of hydrogen-bond acceptors (Lipinski definition) is 2. The molecule has 3 nitrogen and oxygen atoms in total. The van der Waals surface area contributed by atoms with E-state index >= 15 is 0 Å². The van der Waals surface area contributed by atoms with Crippen molar-refractivity contribution in [2.75, 3.05) is 6.26 Å². The van der Waals surface area contributed by atoms with E-state index in [0.29, 0.717) is 0 Å². The van der Waals surface area contributed by atoms with Crippen LogP contribution in [-0.2, 0) is 11.1 Å². The van der Waals surface area contributed by atoms with Crippen LogP contribution in [0.25, 0.3) is 0 Å². The molecule has 12 heavy (non-hydrogen) atoms. The van der Waals surface area contributed by atoms with Crippen LogP contribution in [0.15, 0.2) is 30.3 Å². The second-order valence-corrected chi connectivity index (χ2v) is 2.80. The Morgan fingerprint density at radius 3 is 2.00 bits per heavy atom. The monoisotopic (exact) mass is 186 g/mol. The maximum absolute atomic E-state index is 10.0. The molecule has 0 saturated carbocycles. The molecule has 0 heterocycles. The van der Waals surface area contributed by atoms with Crippen LogP contribution in [0.2, 0.25) is 0 Å². The average molecular weight is 186 g/mol. The second-order valence-electron chi connectivity index (χ2n) is 1.95. The van der Waals surface area contributed by atoms with Gasteiger partial charge in [-0.2, -0.15) is 0 Å². The summed E-state index contributed by atoms with van der Waals surface area (Å²) in [6.07, 6.45) is 2.03. The molecule has 0 bridgehead atoms. The third kappa shape index (κ3) is 7.11. The molecule has 1 rings (SSSR count). The molecule has 0 aromatic heterocycles. The van der Waals surface area contributed by atoms with Crippen molar-refractivity contribution < 1.29 is 13.6 Å². The van der Waals surface area contributed by atoms with Crippen molar-refractivity contribution in [3.63, 3.8) is 0 Å². The van der Waals surface area contributed by atoms with Gasteiger partial charge in [-0.3, -0.25) is 4.79 Å². The minimum atomic E-state index is -1.61. The van der Waals surface area contributed by atoms with Gasteiger partial charge in [0.25, 0.3) is 0 Å². The first-order valence-electron chi connectivity index (χ1n) is 3.19. The van der Waals surface area contributed by atoms with Crippen molar-refractivity contribution in [2.45, 2.75) is 0 Å². The number of benzene rings is 1. The molecule has 1 N–H and O–H groups in total. The lowest BCUT2D eigenvalue weighted by Gasteiger charge is -1.81. The molecule has 1 atom stereocenters. The van der Waals surface area contributed by atoms with E-state index in [2.05, 4.69) is 0 Å². The van der Waals surface area contributed by atoms with Crippen molar-refractivity contribution in [2.24, 2.45) is 0 Å². The van der Waals surface area contributed by atoms with Gasteiger partial charge >= 0.3 is 0 Å². The lowest BCUT2D eigenvalue weighted by atomic mass is 10.2. The molecule has 4 heteroatoms. The topological polar surface area (TPSA) is 54.4 Å². The lowest BCUT2D eigenvalue weighted by molar-refractivity contribution is 0.112. The van der Waals surface area contributed by atoms with Gasteiger partial charge in [-0.1, -0.05) is 30.3 Å². The number of carbonyl (C=O) groups excluding carboxylic acids is 1. The standard InChI is InChI=1S/C7H6O.CH4O2S/c8-6-7-4-2-1-3-5-7;1-4(2)3/h1-6H;1H3,(H,2,3). The Hall–Kier alpha value is -1.00. The van der Waals surface area contributed by atoms with E-state index in [-0.39, 0.29) is 0 Å². The van der Waals surface area contributed by atoms with Gasteiger partial charge in [-0.05, 0) is 0 Å². The van der Waals surface area contributed by atoms with Crippen LogP contribution in [0, 0.1) is 0 Å². The number of aldehydes is 1. The molecule has 0 aliphatic rings. The summed E-state index contributed by atoms with van der Waals surface area (Å²) in [4.78, 5) is 10.0. The van der Waals surface area contributed by atoms with Gasteiger partial charge < -0.3 is 4.55 Å². The lowest BCUT2D eigenvalue weighted by Crippen LogP contribution is -1.73. The molecular weight excluding hydrogens is 176 g/mol. The number of rotatable bonds is 1. The summed E-state index contributed by atoms with van der Waals surface area (Å²) >= 11 is -1.61. The number of hydrogen-bond donors (Lipinski definition) is 1. The van der Waals surface area contributed by atoms with E-state index in [1.165, 1.54) is 6.26 Å². The molecule has 1 aromatic rings. The molecule has 0 amide bonds. The van der Waals surface area contributed by atoms with Crippen molar-refractivity contribution >= 4 is 17.4 Å². The highest BCUT2D eigenvalue weighted by Gasteiger charge is 1.79. The third-order valence-electron chi connectivity index (χ3n) is 0.936. The zero-order chi connectivity index (χ0) is 9.40. The zero-order valence-corrected chi connectivity index (χ0v) is 7.45. The Balaban J connectivity index is 0.000000261. The fraction of sp³-hybridized carbons (Fsp3) is 0.125. The third-order valence-corrected chi connectivity index (χ3v) is 0.936. The summed E-state index contributed by atoms with van der Waals surface area (Å²) in [5.74, 6) is 0. The normalized spacial score (nSPS) is 10.8. The van der Waals surface area contributed by atoms with Crippen molar-refractivity contribution in [3.05, 3.63) is 35.9 Å². The predicted molar refractivity (Wildman–Crippen MR) is 48.5 cm³/mol. The van der Waals surface area contributed by atoms with E-state index in [1.807, 2.05) is 18.2 Å². The quantitative estimate of drug-likeness (QED) is 0.532. The molecule has 0 saturated heterocycles. The molecule has 0 aliphatic carbocycles. The van der Waals surface area contributed by atoms with Gasteiger partial charge in [0.05, 0.1) is 0 Å². The predicted octanol–water partition coefficient (Wildman–Crippen LogP) is 1.34. The van der Waals surface area contributed by atoms with Crippen LogP contribution in [0.5, 0.6) is 0 Å². The highest BCUT2D eigenvalue weighted by molar-refractivity contribution is 7.78. The van der Waals surface area contributed by atoms with Crippen LogP contribution in [-0.4, -0.2) is 21.3 Å². The Bertz CT molecular complexity index is 242. The van der Waals surface area contributed by atoms with Gasteiger partial charge in [0.2, 0.25) is 0 Å². The van der Waals surface area contributed by atoms with Gasteiger partial charge in [-0.15, -0.1) is 0 Å². The first-order valence-corrected chi connectivity index (χ1v) is 4.71.